The van der Waals surface area contributed by atoms with Gasteiger partial charge in [0.05, 0.1) is 16.9 Å². The van der Waals surface area contributed by atoms with Crippen molar-refractivity contribution < 1.29 is 0 Å². The van der Waals surface area contributed by atoms with E-state index in [1.54, 1.807) is 6.20 Å². The summed E-state index contributed by atoms with van der Waals surface area (Å²) >= 11 is 7.90. The summed E-state index contributed by atoms with van der Waals surface area (Å²) in [5.74, 6) is 0. The number of aromatic nitrogens is 1. The summed E-state index contributed by atoms with van der Waals surface area (Å²) in [7, 11) is 0. The summed E-state index contributed by atoms with van der Waals surface area (Å²) in [5.41, 5.74) is 7.09. The molecule has 0 radical (unpaired) electrons. The van der Waals surface area contributed by atoms with E-state index in [0.29, 0.717) is 10.7 Å². The summed E-state index contributed by atoms with van der Waals surface area (Å²) < 4.78 is 0.797. The summed E-state index contributed by atoms with van der Waals surface area (Å²) in [5, 5.41) is 0.653. The molecule has 1 rings (SSSR count). The molecule has 0 bridgehead atoms. The van der Waals surface area contributed by atoms with Gasteiger partial charge in [-0.2, -0.15) is 0 Å². The fraction of sp³-hybridized carbons (Fsp3) is 0.167. The van der Waals surface area contributed by atoms with Crippen LogP contribution in [-0.4, -0.2) is 4.98 Å². The van der Waals surface area contributed by atoms with Crippen molar-refractivity contribution in [2.75, 3.05) is 5.73 Å². The van der Waals surface area contributed by atoms with E-state index in [2.05, 4.69) is 27.6 Å². The van der Waals surface area contributed by atoms with Crippen LogP contribution in [0.15, 0.2) is 6.20 Å². The van der Waals surface area contributed by atoms with Crippen molar-refractivity contribution in [2.45, 2.75) is 6.92 Å². The van der Waals surface area contributed by atoms with Crippen LogP contribution in [0.25, 0.3) is 0 Å². The van der Waals surface area contributed by atoms with E-state index >= 15 is 0 Å². The summed E-state index contributed by atoms with van der Waals surface area (Å²) in [6, 6.07) is 0. The molecular formula is C6H6ClIN2. The summed E-state index contributed by atoms with van der Waals surface area (Å²) in [6.45, 7) is 1.88. The minimum absolute atomic E-state index is 0.644. The fourth-order valence-electron chi connectivity index (χ4n) is 0.561. The molecule has 0 atom stereocenters. The quantitative estimate of drug-likeness (QED) is 0.579. The molecule has 0 unspecified atom stereocenters. The Morgan fingerprint density at radius 2 is 2.30 bits per heavy atom. The molecule has 0 aromatic carbocycles. The van der Waals surface area contributed by atoms with Gasteiger partial charge in [0.2, 0.25) is 0 Å². The van der Waals surface area contributed by atoms with Crippen molar-refractivity contribution in [1.82, 2.24) is 4.98 Å². The highest BCUT2D eigenvalue weighted by Crippen LogP contribution is 2.23. The SMILES string of the molecule is Cc1c(N)cnc(I)c1Cl. The lowest BCUT2D eigenvalue weighted by Crippen LogP contribution is -1.94. The van der Waals surface area contributed by atoms with Gasteiger partial charge in [-0.1, -0.05) is 11.6 Å². The molecule has 0 spiro atoms. The lowest BCUT2D eigenvalue weighted by atomic mass is 10.3. The molecular weight excluding hydrogens is 262 g/mol. The second-order valence-corrected chi connectivity index (χ2v) is 3.34. The van der Waals surface area contributed by atoms with Crippen LogP contribution >= 0.6 is 34.2 Å². The second-order valence-electron chi connectivity index (χ2n) is 1.94. The van der Waals surface area contributed by atoms with E-state index in [0.717, 1.165) is 9.26 Å². The number of hydrogen-bond donors (Lipinski definition) is 1. The van der Waals surface area contributed by atoms with Crippen molar-refractivity contribution in [3.05, 3.63) is 20.5 Å². The highest BCUT2D eigenvalue weighted by atomic mass is 127. The van der Waals surface area contributed by atoms with E-state index in [1.165, 1.54) is 0 Å². The first kappa shape index (κ1) is 8.07. The van der Waals surface area contributed by atoms with Gasteiger partial charge in [-0.25, -0.2) is 4.98 Å². The molecule has 2 nitrogen and oxygen atoms in total. The first-order valence-corrected chi connectivity index (χ1v) is 4.14. The maximum absolute atomic E-state index is 5.83. The molecule has 0 aliphatic carbocycles. The van der Waals surface area contributed by atoms with Crippen molar-refractivity contribution in [3.8, 4) is 0 Å². The van der Waals surface area contributed by atoms with E-state index in [9.17, 15) is 0 Å². The van der Waals surface area contributed by atoms with Gasteiger partial charge in [-0.15, -0.1) is 0 Å². The molecule has 0 amide bonds. The number of nitrogens with two attached hydrogens (primary N) is 1. The Kier molecular flexibility index (Phi) is 2.36. The van der Waals surface area contributed by atoms with Gasteiger partial charge in [0, 0.05) is 0 Å². The van der Waals surface area contributed by atoms with Crippen molar-refractivity contribution in [3.63, 3.8) is 0 Å². The van der Waals surface area contributed by atoms with Crippen LogP contribution in [-0.2, 0) is 0 Å². The lowest BCUT2D eigenvalue weighted by Gasteiger charge is -2.01. The zero-order valence-electron chi connectivity index (χ0n) is 5.36. The van der Waals surface area contributed by atoms with Gasteiger partial charge in [-0.05, 0) is 35.1 Å². The summed E-state index contributed by atoms with van der Waals surface area (Å²) in [6.07, 6.45) is 1.61. The van der Waals surface area contributed by atoms with Gasteiger partial charge in [0.1, 0.15) is 3.70 Å². The molecule has 1 heterocycles. The van der Waals surface area contributed by atoms with Crippen LogP contribution in [0.3, 0.4) is 0 Å². The Balaban J connectivity index is 3.34. The number of nitrogens with zero attached hydrogens (tertiary/aromatic N) is 1. The maximum atomic E-state index is 5.83. The van der Waals surface area contributed by atoms with Crippen LogP contribution in [0.2, 0.25) is 5.02 Å². The van der Waals surface area contributed by atoms with Crippen LogP contribution in [0, 0.1) is 10.6 Å². The zero-order valence-corrected chi connectivity index (χ0v) is 8.27. The van der Waals surface area contributed by atoms with Gasteiger partial charge >= 0.3 is 0 Å². The predicted molar refractivity (Wildman–Crippen MR) is 51.1 cm³/mol. The third kappa shape index (κ3) is 1.34. The van der Waals surface area contributed by atoms with E-state index < -0.39 is 0 Å². The van der Waals surface area contributed by atoms with E-state index in [1.807, 2.05) is 6.92 Å². The Morgan fingerprint density at radius 1 is 1.70 bits per heavy atom. The molecule has 1 aromatic rings. The smallest absolute Gasteiger partial charge is 0.120 e. The average Bonchev–Trinajstić information content (AvgIpc) is 1.93. The number of anilines is 1. The first-order valence-electron chi connectivity index (χ1n) is 2.69. The van der Waals surface area contributed by atoms with Crippen LogP contribution in [0.1, 0.15) is 5.56 Å². The molecule has 0 aliphatic rings. The van der Waals surface area contributed by atoms with Gasteiger partial charge in [-0.3, -0.25) is 0 Å². The Labute approximate surface area is 77.9 Å². The van der Waals surface area contributed by atoms with Crippen molar-refractivity contribution in [2.24, 2.45) is 0 Å². The third-order valence-corrected chi connectivity index (χ3v) is 2.86. The maximum Gasteiger partial charge on any atom is 0.120 e. The van der Waals surface area contributed by atoms with Gasteiger partial charge in [0.15, 0.2) is 0 Å². The number of halogens is 2. The lowest BCUT2D eigenvalue weighted by molar-refractivity contribution is 1.24. The standard InChI is InChI=1S/C6H6ClIN2/c1-3-4(9)2-10-6(8)5(3)7/h2H,9H2,1H3. The summed E-state index contributed by atoms with van der Waals surface area (Å²) in [4.78, 5) is 3.97. The monoisotopic (exact) mass is 268 g/mol. The molecule has 0 fully saturated rings. The van der Waals surface area contributed by atoms with Crippen molar-refractivity contribution in [1.29, 1.82) is 0 Å². The second kappa shape index (κ2) is 2.92. The van der Waals surface area contributed by atoms with Crippen LogP contribution in [0.4, 0.5) is 5.69 Å². The fourth-order valence-corrected chi connectivity index (χ4v) is 1.26. The first-order chi connectivity index (χ1) is 4.63. The molecule has 2 N–H and O–H groups in total. The highest BCUT2D eigenvalue weighted by molar-refractivity contribution is 14.1. The van der Waals surface area contributed by atoms with E-state index in [-0.39, 0.29) is 0 Å². The minimum atomic E-state index is 0.644. The van der Waals surface area contributed by atoms with Crippen LogP contribution in [0.5, 0.6) is 0 Å². The highest BCUT2D eigenvalue weighted by Gasteiger charge is 2.03. The van der Waals surface area contributed by atoms with Gasteiger partial charge in [0.25, 0.3) is 0 Å². The number of pyridine rings is 1. The molecule has 0 aliphatic heterocycles. The Morgan fingerprint density at radius 3 is 2.80 bits per heavy atom. The normalized spacial score (nSPS) is 9.90. The number of nitrogen functional groups attached to an aromatic ring is 1. The minimum Gasteiger partial charge on any atom is -0.397 e. The molecule has 54 valence electrons. The molecule has 10 heavy (non-hydrogen) atoms. The van der Waals surface area contributed by atoms with Gasteiger partial charge < -0.3 is 5.73 Å². The molecule has 0 saturated carbocycles. The molecule has 1 aromatic heterocycles. The zero-order chi connectivity index (χ0) is 7.72. The largest absolute Gasteiger partial charge is 0.397 e. The molecule has 0 saturated heterocycles. The molecule has 4 heteroatoms. The average molecular weight is 268 g/mol. The van der Waals surface area contributed by atoms with Crippen molar-refractivity contribution >= 4 is 39.9 Å². The third-order valence-electron chi connectivity index (χ3n) is 1.26. The Hall–Kier alpha value is -0.0300. The Bertz CT molecular complexity index is 235. The van der Waals surface area contributed by atoms with Crippen LogP contribution < -0.4 is 5.73 Å². The number of hydrogen-bond acceptors (Lipinski definition) is 2. The topological polar surface area (TPSA) is 38.9 Å². The predicted octanol–water partition coefficient (Wildman–Crippen LogP) is 2.23. The number of rotatable bonds is 0. The van der Waals surface area contributed by atoms with E-state index in [4.69, 9.17) is 17.3 Å².